The van der Waals surface area contributed by atoms with Crippen molar-refractivity contribution in [3.63, 3.8) is 0 Å². The molecule has 138 valence electrons. The van der Waals surface area contributed by atoms with Crippen LogP contribution < -0.4 is 10.6 Å². The van der Waals surface area contributed by atoms with Gasteiger partial charge >= 0.3 is 5.69 Å². The highest BCUT2D eigenvalue weighted by molar-refractivity contribution is 5.77. The fourth-order valence-corrected chi connectivity index (χ4v) is 2.41. The Kier molecular flexibility index (Phi) is 4.93. The highest BCUT2D eigenvalue weighted by Gasteiger charge is 2.24. The van der Waals surface area contributed by atoms with E-state index in [4.69, 9.17) is 0 Å². The lowest BCUT2D eigenvalue weighted by atomic mass is 10.1. The summed E-state index contributed by atoms with van der Waals surface area (Å²) in [5.41, 5.74) is 2.09. The fraction of sp³-hybridized carbons (Fsp3) is 0.111. The summed E-state index contributed by atoms with van der Waals surface area (Å²) in [6.45, 7) is 3.87. The molecule has 0 saturated carbocycles. The molecule has 0 bridgehead atoms. The van der Waals surface area contributed by atoms with Crippen LogP contribution >= 0.6 is 0 Å². The molecule has 2 N–H and O–H groups in total. The zero-order valence-corrected chi connectivity index (χ0v) is 14.5. The first-order valence-corrected chi connectivity index (χ1v) is 7.91. The highest BCUT2D eigenvalue weighted by atomic mass is 19.1. The summed E-state index contributed by atoms with van der Waals surface area (Å²) in [6, 6.07) is 8.30. The third-order valence-electron chi connectivity index (χ3n) is 3.96. The first kappa shape index (κ1) is 18.2. The van der Waals surface area contributed by atoms with Crippen molar-refractivity contribution < 1.29 is 13.7 Å². The molecule has 0 aliphatic heterocycles. The van der Waals surface area contributed by atoms with Gasteiger partial charge in [-0.05, 0) is 49.2 Å². The van der Waals surface area contributed by atoms with Crippen molar-refractivity contribution in [3.05, 3.63) is 75.6 Å². The van der Waals surface area contributed by atoms with E-state index in [1.807, 2.05) is 26.0 Å². The van der Waals surface area contributed by atoms with Gasteiger partial charge < -0.3 is 10.6 Å². The van der Waals surface area contributed by atoms with Crippen LogP contribution in [-0.2, 0) is 0 Å². The van der Waals surface area contributed by atoms with E-state index in [0.29, 0.717) is 11.8 Å². The molecule has 1 aromatic heterocycles. The lowest BCUT2D eigenvalue weighted by Gasteiger charge is -2.11. The first-order valence-electron chi connectivity index (χ1n) is 7.91. The minimum Gasteiger partial charge on any atom is -0.334 e. The minimum absolute atomic E-state index is 0.0525. The van der Waals surface area contributed by atoms with Crippen LogP contribution in [0.4, 0.5) is 37.5 Å². The number of nitrogens with zero attached hydrogens (tertiary/aromatic N) is 3. The van der Waals surface area contributed by atoms with Gasteiger partial charge in [-0.15, -0.1) is 0 Å². The van der Waals surface area contributed by atoms with Crippen LogP contribution in [0.2, 0.25) is 0 Å². The van der Waals surface area contributed by atoms with Gasteiger partial charge in [-0.25, -0.2) is 18.7 Å². The van der Waals surface area contributed by atoms with E-state index in [2.05, 4.69) is 20.6 Å². The zero-order chi connectivity index (χ0) is 19.6. The molecule has 9 heteroatoms. The maximum absolute atomic E-state index is 13.9. The number of halogens is 2. The standard InChI is InChI=1S/C18H15F2N5O2/c1-10-3-5-13(7-11(10)2)23-17-16(25(26)27)18(22-9-21-17)24-15-6-4-12(19)8-14(15)20/h3-9H,1-2H3,(H2,21,22,23,24). The van der Waals surface area contributed by atoms with Crippen molar-refractivity contribution in [2.45, 2.75) is 13.8 Å². The van der Waals surface area contributed by atoms with Crippen LogP contribution in [0.1, 0.15) is 11.1 Å². The van der Waals surface area contributed by atoms with Crippen molar-refractivity contribution in [2.75, 3.05) is 10.6 Å². The first-order chi connectivity index (χ1) is 12.8. The second-order valence-electron chi connectivity index (χ2n) is 5.85. The maximum atomic E-state index is 13.9. The van der Waals surface area contributed by atoms with Gasteiger partial charge in [-0.1, -0.05) is 6.07 Å². The predicted molar refractivity (Wildman–Crippen MR) is 97.5 cm³/mol. The van der Waals surface area contributed by atoms with Gasteiger partial charge in [-0.2, -0.15) is 0 Å². The second-order valence-corrected chi connectivity index (χ2v) is 5.85. The lowest BCUT2D eigenvalue weighted by Crippen LogP contribution is -2.06. The molecular weight excluding hydrogens is 356 g/mol. The lowest BCUT2D eigenvalue weighted by molar-refractivity contribution is -0.383. The van der Waals surface area contributed by atoms with Crippen LogP contribution in [0, 0.1) is 35.6 Å². The molecule has 0 unspecified atom stereocenters. The number of rotatable bonds is 5. The Labute approximate surface area is 153 Å². The molecule has 3 rings (SSSR count). The molecule has 0 aliphatic carbocycles. The number of nitro groups is 1. The smallest absolute Gasteiger partial charge is 0.334 e. The van der Waals surface area contributed by atoms with Crippen molar-refractivity contribution in [1.29, 1.82) is 0 Å². The Bertz CT molecular complexity index is 1030. The van der Waals surface area contributed by atoms with Crippen LogP contribution in [0.15, 0.2) is 42.7 Å². The number of benzene rings is 2. The van der Waals surface area contributed by atoms with Gasteiger partial charge in [0, 0.05) is 11.8 Å². The summed E-state index contributed by atoms with van der Waals surface area (Å²) in [5, 5.41) is 17.0. The van der Waals surface area contributed by atoms with Crippen molar-refractivity contribution in [3.8, 4) is 0 Å². The number of nitrogens with one attached hydrogen (secondary N) is 2. The molecule has 3 aromatic rings. The molecule has 0 spiro atoms. The summed E-state index contributed by atoms with van der Waals surface area (Å²) in [6.07, 6.45) is 1.11. The van der Waals surface area contributed by atoms with Gasteiger partial charge in [0.1, 0.15) is 18.0 Å². The molecule has 7 nitrogen and oxygen atoms in total. The maximum Gasteiger partial charge on any atom is 0.353 e. The topological polar surface area (TPSA) is 93.0 Å². The SMILES string of the molecule is Cc1ccc(Nc2ncnc(Nc3ccc(F)cc3F)c2[N+](=O)[O-])cc1C. The summed E-state index contributed by atoms with van der Waals surface area (Å²) in [4.78, 5) is 18.7. The van der Waals surface area contributed by atoms with E-state index in [9.17, 15) is 18.9 Å². The molecule has 0 radical (unpaired) electrons. The van der Waals surface area contributed by atoms with E-state index in [1.54, 1.807) is 6.07 Å². The van der Waals surface area contributed by atoms with Gasteiger partial charge in [-0.3, -0.25) is 10.1 Å². The fourth-order valence-electron chi connectivity index (χ4n) is 2.41. The molecule has 1 heterocycles. The largest absolute Gasteiger partial charge is 0.353 e. The Balaban J connectivity index is 1.99. The van der Waals surface area contributed by atoms with Gasteiger partial charge in [0.2, 0.25) is 11.6 Å². The number of aryl methyl sites for hydroxylation is 2. The Morgan fingerprint density at radius 2 is 1.67 bits per heavy atom. The molecule has 0 atom stereocenters. The normalized spacial score (nSPS) is 10.5. The van der Waals surface area contributed by atoms with Gasteiger partial charge in [0.05, 0.1) is 10.6 Å². The number of hydrogen-bond acceptors (Lipinski definition) is 6. The molecule has 2 aromatic carbocycles. The average Bonchev–Trinajstić information content (AvgIpc) is 2.60. The Hall–Kier alpha value is -3.62. The summed E-state index contributed by atoms with van der Waals surface area (Å²) in [5.74, 6) is -1.92. The number of hydrogen-bond donors (Lipinski definition) is 2. The van der Waals surface area contributed by atoms with Crippen LogP contribution in [-0.4, -0.2) is 14.9 Å². The number of aromatic nitrogens is 2. The van der Waals surface area contributed by atoms with Crippen molar-refractivity contribution in [1.82, 2.24) is 9.97 Å². The summed E-state index contributed by atoms with van der Waals surface area (Å²) >= 11 is 0. The van der Waals surface area contributed by atoms with Crippen LogP contribution in [0.25, 0.3) is 0 Å². The second kappa shape index (κ2) is 7.32. The van der Waals surface area contributed by atoms with Gasteiger partial charge in [0.15, 0.2) is 0 Å². The van der Waals surface area contributed by atoms with E-state index in [1.165, 1.54) is 0 Å². The van der Waals surface area contributed by atoms with Crippen molar-refractivity contribution in [2.24, 2.45) is 0 Å². The van der Waals surface area contributed by atoms with E-state index < -0.39 is 22.2 Å². The van der Waals surface area contributed by atoms with Crippen LogP contribution in [0.3, 0.4) is 0 Å². The summed E-state index contributed by atoms with van der Waals surface area (Å²) < 4.78 is 26.9. The van der Waals surface area contributed by atoms with E-state index in [-0.39, 0.29) is 17.3 Å². The molecule has 0 amide bonds. The average molecular weight is 371 g/mol. The monoisotopic (exact) mass is 371 g/mol. The quantitative estimate of drug-likeness (QED) is 0.496. The van der Waals surface area contributed by atoms with Crippen molar-refractivity contribution >= 4 is 28.7 Å². The summed E-state index contributed by atoms with van der Waals surface area (Å²) in [7, 11) is 0. The molecule has 0 saturated heterocycles. The molecular formula is C18H15F2N5O2. The predicted octanol–water partition coefficient (Wildman–Crippen LogP) is 4.77. The minimum atomic E-state index is -0.897. The van der Waals surface area contributed by atoms with Crippen LogP contribution in [0.5, 0.6) is 0 Å². The molecule has 0 aliphatic rings. The van der Waals surface area contributed by atoms with E-state index >= 15 is 0 Å². The zero-order valence-electron chi connectivity index (χ0n) is 14.5. The molecule has 27 heavy (non-hydrogen) atoms. The van der Waals surface area contributed by atoms with E-state index in [0.717, 1.165) is 29.6 Å². The Morgan fingerprint density at radius 1 is 0.963 bits per heavy atom. The third-order valence-corrected chi connectivity index (χ3v) is 3.96. The molecule has 0 fully saturated rings. The highest BCUT2D eigenvalue weighted by Crippen LogP contribution is 2.33. The van der Waals surface area contributed by atoms with Gasteiger partial charge in [0.25, 0.3) is 0 Å². The number of anilines is 4. The Morgan fingerprint density at radius 3 is 2.30 bits per heavy atom. The third kappa shape index (κ3) is 3.97.